The molecule has 6 nitrogen and oxygen atoms in total. The minimum Gasteiger partial charge on any atom is -0.496 e. The number of hydrogen-bond acceptors (Lipinski definition) is 6. The number of fused-ring (bicyclic) bond motifs is 1. The molecule has 0 aliphatic carbocycles. The number of hydrogen-bond donors (Lipinski definition) is 1. The Labute approximate surface area is 248 Å². The molecule has 0 amide bonds. The van der Waals surface area contributed by atoms with E-state index in [2.05, 4.69) is 81.8 Å². The first-order valence-electron chi connectivity index (χ1n) is 14.8. The van der Waals surface area contributed by atoms with E-state index in [0.717, 1.165) is 36.5 Å². The van der Waals surface area contributed by atoms with Gasteiger partial charge in [0.25, 0.3) is 0 Å². The van der Waals surface area contributed by atoms with Crippen molar-refractivity contribution in [2.75, 3.05) is 39.8 Å². The predicted molar refractivity (Wildman–Crippen MR) is 165 cm³/mol. The summed E-state index contributed by atoms with van der Waals surface area (Å²) < 4.78 is 11.9. The number of esters is 1. The summed E-state index contributed by atoms with van der Waals surface area (Å²) in [5, 5.41) is 3.56. The number of para-hydroxylation sites is 1. The van der Waals surface area contributed by atoms with Crippen LogP contribution >= 0.6 is 0 Å². The maximum absolute atomic E-state index is 14.3. The summed E-state index contributed by atoms with van der Waals surface area (Å²) in [7, 11) is 1.72. The zero-order valence-corrected chi connectivity index (χ0v) is 24.2. The highest BCUT2D eigenvalue weighted by molar-refractivity contribution is 5.82. The molecule has 2 saturated heterocycles. The second-order valence-corrected chi connectivity index (χ2v) is 11.3. The number of carbonyl (C=O) groups excluding carboxylic acids is 1. The van der Waals surface area contributed by atoms with Crippen LogP contribution < -0.4 is 10.1 Å². The van der Waals surface area contributed by atoms with Gasteiger partial charge in [0.1, 0.15) is 17.9 Å². The number of rotatable bonds is 9. The van der Waals surface area contributed by atoms with Crippen molar-refractivity contribution < 1.29 is 14.3 Å². The summed E-state index contributed by atoms with van der Waals surface area (Å²) >= 11 is 0. The molecule has 6 heteroatoms. The summed E-state index contributed by atoms with van der Waals surface area (Å²) in [6, 6.07) is 39.6. The van der Waals surface area contributed by atoms with E-state index in [0.29, 0.717) is 19.6 Å². The highest BCUT2D eigenvalue weighted by Gasteiger charge is 2.55. The third-order valence-electron chi connectivity index (χ3n) is 8.71. The molecule has 0 spiro atoms. The van der Waals surface area contributed by atoms with Gasteiger partial charge in [-0.15, -0.1) is 0 Å². The quantitative estimate of drug-likeness (QED) is 0.287. The van der Waals surface area contributed by atoms with Crippen LogP contribution in [-0.2, 0) is 22.7 Å². The van der Waals surface area contributed by atoms with Gasteiger partial charge in [0.2, 0.25) is 0 Å². The molecule has 42 heavy (non-hydrogen) atoms. The minimum atomic E-state index is -0.834. The van der Waals surface area contributed by atoms with E-state index in [9.17, 15) is 4.79 Å². The molecule has 0 bridgehead atoms. The molecule has 4 aromatic carbocycles. The van der Waals surface area contributed by atoms with Gasteiger partial charge in [0.15, 0.2) is 0 Å². The summed E-state index contributed by atoms with van der Waals surface area (Å²) in [5.74, 6) is 0.766. The van der Waals surface area contributed by atoms with Gasteiger partial charge >= 0.3 is 5.97 Å². The predicted octanol–water partition coefficient (Wildman–Crippen LogP) is 5.10. The van der Waals surface area contributed by atoms with Crippen molar-refractivity contribution in [2.24, 2.45) is 0 Å². The Morgan fingerprint density at radius 1 is 0.881 bits per heavy atom. The first-order chi connectivity index (χ1) is 20.7. The lowest BCUT2D eigenvalue weighted by molar-refractivity contribution is -0.172. The van der Waals surface area contributed by atoms with Gasteiger partial charge in [-0.1, -0.05) is 109 Å². The van der Waals surface area contributed by atoms with E-state index >= 15 is 0 Å². The molecule has 2 unspecified atom stereocenters. The number of carbonyl (C=O) groups is 1. The number of ether oxygens (including phenoxy) is 2. The van der Waals surface area contributed by atoms with Crippen molar-refractivity contribution in [2.45, 2.75) is 30.7 Å². The average molecular weight is 562 g/mol. The molecule has 0 aromatic heterocycles. The highest BCUT2D eigenvalue weighted by atomic mass is 16.5. The first-order valence-corrected chi connectivity index (χ1v) is 14.8. The normalized spacial score (nSPS) is 21.0. The van der Waals surface area contributed by atoms with Gasteiger partial charge in [0.05, 0.1) is 7.11 Å². The van der Waals surface area contributed by atoms with Crippen LogP contribution in [0.3, 0.4) is 0 Å². The van der Waals surface area contributed by atoms with Crippen LogP contribution in [0.15, 0.2) is 115 Å². The molecule has 2 aliphatic rings. The zero-order chi connectivity index (χ0) is 28.8. The number of nitrogens with one attached hydrogen (secondary N) is 1. The second-order valence-electron chi connectivity index (χ2n) is 11.3. The molecule has 0 saturated carbocycles. The molecule has 2 aliphatic heterocycles. The lowest BCUT2D eigenvalue weighted by atomic mass is 9.78. The molecular formula is C36H39N3O3. The fourth-order valence-corrected chi connectivity index (χ4v) is 6.79. The fraction of sp³-hybridized carbons (Fsp3) is 0.306. The Balaban J connectivity index is 1.41. The van der Waals surface area contributed by atoms with Crippen molar-refractivity contribution in [1.29, 1.82) is 0 Å². The third-order valence-corrected chi connectivity index (χ3v) is 8.71. The van der Waals surface area contributed by atoms with Gasteiger partial charge in [0, 0.05) is 56.8 Å². The Morgan fingerprint density at radius 2 is 1.50 bits per heavy atom. The van der Waals surface area contributed by atoms with Crippen LogP contribution in [0.2, 0.25) is 0 Å². The van der Waals surface area contributed by atoms with Gasteiger partial charge in [-0.25, -0.2) is 4.79 Å². The standard InChI is InChI=1S/C36H39N3O3/c1-41-33-20-12-11-19-31(33)23-38-24-32(34(29-15-7-3-8-16-29)30-17-9-4-10-18-30)39-22-21-37-26-36(39,27-38)35(40)42-25-28-13-5-2-6-14-28/h2-20,32,34,37H,21-27H2,1H3. The van der Waals surface area contributed by atoms with Crippen molar-refractivity contribution in [3.63, 3.8) is 0 Å². The monoisotopic (exact) mass is 561 g/mol. The largest absolute Gasteiger partial charge is 0.496 e. The topological polar surface area (TPSA) is 54.0 Å². The summed E-state index contributed by atoms with van der Waals surface area (Å²) in [5.41, 5.74) is 3.76. The average Bonchev–Trinajstić information content (AvgIpc) is 3.05. The Kier molecular flexibility index (Phi) is 8.65. The van der Waals surface area contributed by atoms with Gasteiger partial charge in [-0.05, 0) is 22.8 Å². The SMILES string of the molecule is COc1ccccc1CN1CC(C(c2ccccc2)c2ccccc2)N2CCNCC2(C(=O)OCc2ccccc2)C1. The molecule has 2 fully saturated rings. The van der Waals surface area contributed by atoms with E-state index in [1.165, 1.54) is 11.1 Å². The lowest BCUT2D eigenvalue weighted by Gasteiger charge is -2.57. The van der Waals surface area contributed by atoms with Crippen molar-refractivity contribution in [3.05, 3.63) is 138 Å². The number of piperazine rings is 2. The van der Waals surface area contributed by atoms with Crippen LogP contribution in [-0.4, -0.2) is 67.2 Å². The van der Waals surface area contributed by atoms with E-state index in [4.69, 9.17) is 9.47 Å². The highest BCUT2D eigenvalue weighted by Crippen LogP contribution is 2.40. The molecule has 216 valence electrons. The van der Waals surface area contributed by atoms with Gasteiger partial charge in [-0.2, -0.15) is 0 Å². The lowest BCUT2D eigenvalue weighted by Crippen LogP contribution is -2.76. The Morgan fingerprint density at radius 3 is 2.17 bits per heavy atom. The van der Waals surface area contributed by atoms with E-state index in [1.807, 2.05) is 48.5 Å². The number of methoxy groups -OCH3 is 1. The Bertz CT molecular complexity index is 1410. The number of benzene rings is 4. The molecule has 0 radical (unpaired) electrons. The van der Waals surface area contributed by atoms with Crippen LogP contribution in [0.5, 0.6) is 5.75 Å². The summed E-state index contributed by atoms with van der Waals surface area (Å²) in [6.45, 7) is 4.44. The fourth-order valence-electron chi connectivity index (χ4n) is 6.79. The number of nitrogens with zero attached hydrogens (tertiary/aromatic N) is 2. The third kappa shape index (κ3) is 5.84. The molecular weight excluding hydrogens is 522 g/mol. The maximum Gasteiger partial charge on any atom is 0.329 e. The Hall–Kier alpha value is -3.97. The molecule has 2 heterocycles. The van der Waals surface area contributed by atoms with Crippen molar-refractivity contribution >= 4 is 5.97 Å². The van der Waals surface area contributed by atoms with Crippen LogP contribution in [0.1, 0.15) is 28.2 Å². The van der Waals surface area contributed by atoms with Crippen LogP contribution in [0.4, 0.5) is 0 Å². The molecule has 4 aromatic rings. The van der Waals surface area contributed by atoms with Crippen LogP contribution in [0, 0.1) is 0 Å². The molecule has 6 rings (SSSR count). The van der Waals surface area contributed by atoms with Gasteiger partial charge in [-0.3, -0.25) is 9.80 Å². The molecule has 1 N–H and O–H groups in total. The van der Waals surface area contributed by atoms with E-state index in [-0.39, 0.29) is 24.5 Å². The maximum atomic E-state index is 14.3. The summed E-state index contributed by atoms with van der Waals surface area (Å²) in [6.07, 6.45) is 0. The molecule has 2 atom stereocenters. The van der Waals surface area contributed by atoms with Crippen molar-refractivity contribution in [3.8, 4) is 5.75 Å². The second kappa shape index (κ2) is 12.9. The zero-order valence-electron chi connectivity index (χ0n) is 24.2. The van der Waals surface area contributed by atoms with E-state index in [1.54, 1.807) is 7.11 Å². The minimum absolute atomic E-state index is 0.0460. The van der Waals surface area contributed by atoms with E-state index < -0.39 is 5.54 Å². The first kappa shape index (κ1) is 28.2. The summed E-state index contributed by atoms with van der Waals surface area (Å²) in [4.78, 5) is 19.2. The van der Waals surface area contributed by atoms with Gasteiger partial charge < -0.3 is 14.8 Å². The smallest absolute Gasteiger partial charge is 0.329 e. The van der Waals surface area contributed by atoms with Crippen molar-refractivity contribution in [1.82, 2.24) is 15.1 Å². The van der Waals surface area contributed by atoms with Crippen LogP contribution in [0.25, 0.3) is 0 Å².